The number of nitro benzene ring substituents is 1. The van der Waals surface area contributed by atoms with Crippen molar-refractivity contribution < 1.29 is 27.6 Å². The summed E-state index contributed by atoms with van der Waals surface area (Å²) in [5.74, 6) is 0.814. The number of nitrogens with one attached hydrogen (secondary N) is 1. The van der Waals surface area contributed by atoms with Gasteiger partial charge in [0.1, 0.15) is 27.9 Å². The second-order valence-electron chi connectivity index (χ2n) is 6.78. The SMILES string of the molecule is COc1ccc(CNS(=O)(=O)c2cc([N+](=O)[O-])ccc2Oc2cc(Cl)cc(C#N)c2)c(OC)c1. The monoisotopic (exact) mass is 503 g/mol. The Bertz CT molecular complexity index is 1390. The zero-order valence-corrected chi connectivity index (χ0v) is 19.5. The fraction of sp³-hybridized carbons (Fsp3) is 0.136. The maximum Gasteiger partial charge on any atom is 0.271 e. The van der Waals surface area contributed by atoms with Gasteiger partial charge < -0.3 is 14.2 Å². The fourth-order valence-electron chi connectivity index (χ4n) is 2.97. The molecule has 0 aliphatic heterocycles. The number of ether oxygens (including phenoxy) is 3. The molecule has 0 saturated heterocycles. The van der Waals surface area contributed by atoms with E-state index in [0.717, 1.165) is 18.2 Å². The highest BCUT2D eigenvalue weighted by Gasteiger charge is 2.24. The zero-order chi connectivity index (χ0) is 24.9. The van der Waals surface area contributed by atoms with Crippen molar-refractivity contribution in [2.24, 2.45) is 0 Å². The van der Waals surface area contributed by atoms with Crippen LogP contribution in [0.3, 0.4) is 0 Å². The summed E-state index contributed by atoms with van der Waals surface area (Å²) in [6, 6.07) is 14.1. The molecule has 0 heterocycles. The molecule has 0 unspecified atom stereocenters. The van der Waals surface area contributed by atoms with Gasteiger partial charge >= 0.3 is 0 Å². The predicted molar refractivity (Wildman–Crippen MR) is 123 cm³/mol. The van der Waals surface area contributed by atoms with Crippen LogP contribution in [0.5, 0.6) is 23.0 Å². The molecule has 3 aromatic rings. The number of non-ortho nitro benzene ring substituents is 1. The molecule has 0 aromatic heterocycles. The Morgan fingerprint density at radius 3 is 2.44 bits per heavy atom. The number of sulfonamides is 1. The number of rotatable bonds is 9. The molecule has 0 atom stereocenters. The van der Waals surface area contributed by atoms with Gasteiger partial charge in [-0.3, -0.25) is 10.1 Å². The molecule has 0 bridgehead atoms. The minimum Gasteiger partial charge on any atom is -0.497 e. The van der Waals surface area contributed by atoms with E-state index in [-0.39, 0.29) is 28.6 Å². The van der Waals surface area contributed by atoms with Crippen LogP contribution in [-0.4, -0.2) is 27.6 Å². The van der Waals surface area contributed by atoms with Gasteiger partial charge in [-0.15, -0.1) is 0 Å². The molecule has 0 spiro atoms. The second kappa shape index (κ2) is 10.4. The third-order valence-electron chi connectivity index (χ3n) is 4.60. The summed E-state index contributed by atoms with van der Waals surface area (Å²) in [4.78, 5) is 10.1. The van der Waals surface area contributed by atoms with Gasteiger partial charge in [0, 0.05) is 35.3 Å². The summed E-state index contributed by atoms with van der Waals surface area (Å²) in [6.45, 7) is -0.173. The number of hydrogen-bond acceptors (Lipinski definition) is 8. The van der Waals surface area contributed by atoms with Gasteiger partial charge in [-0.25, -0.2) is 13.1 Å². The Morgan fingerprint density at radius 2 is 1.79 bits per heavy atom. The normalized spacial score (nSPS) is 10.9. The Hall–Kier alpha value is -3.85. The summed E-state index contributed by atoms with van der Waals surface area (Å²) >= 11 is 5.99. The molecule has 0 radical (unpaired) electrons. The minimum absolute atomic E-state index is 0.0891. The van der Waals surface area contributed by atoms with E-state index in [0.29, 0.717) is 17.1 Å². The predicted octanol–water partition coefficient (Wildman–Crippen LogP) is 4.41. The molecule has 0 amide bonds. The number of nitro groups is 1. The van der Waals surface area contributed by atoms with E-state index < -0.39 is 25.5 Å². The van der Waals surface area contributed by atoms with Crippen molar-refractivity contribution in [3.63, 3.8) is 0 Å². The van der Waals surface area contributed by atoms with Crippen LogP contribution in [0.4, 0.5) is 5.69 Å². The molecule has 0 aliphatic rings. The van der Waals surface area contributed by atoms with Gasteiger partial charge in [-0.2, -0.15) is 5.26 Å². The van der Waals surface area contributed by atoms with Gasteiger partial charge in [0.15, 0.2) is 0 Å². The van der Waals surface area contributed by atoms with Crippen molar-refractivity contribution in [2.45, 2.75) is 11.4 Å². The molecule has 34 heavy (non-hydrogen) atoms. The quantitative estimate of drug-likeness (QED) is 0.334. The number of methoxy groups -OCH3 is 2. The molecule has 1 N–H and O–H groups in total. The van der Waals surface area contributed by atoms with Gasteiger partial charge in [0.2, 0.25) is 10.0 Å². The van der Waals surface area contributed by atoms with E-state index in [9.17, 15) is 18.5 Å². The molecule has 0 aliphatic carbocycles. The van der Waals surface area contributed by atoms with Crippen molar-refractivity contribution >= 4 is 27.3 Å². The van der Waals surface area contributed by atoms with Gasteiger partial charge in [0.25, 0.3) is 5.69 Å². The van der Waals surface area contributed by atoms with E-state index in [1.807, 2.05) is 6.07 Å². The van der Waals surface area contributed by atoms with E-state index in [1.165, 1.54) is 32.4 Å². The molecular formula is C22H18ClN3O7S. The van der Waals surface area contributed by atoms with Crippen LogP contribution in [-0.2, 0) is 16.6 Å². The lowest BCUT2D eigenvalue weighted by atomic mass is 10.2. The minimum atomic E-state index is -4.30. The first-order chi connectivity index (χ1) is 16.2. The first kappa shape index (κ1) is 24.8. The van der Waals surface area contributed by atoms with Crippen LogP contribution in [0, 0.1) is 21.4 Å². The standard InChI is InChI=1S/C22H18ClN3O7S/c1-31-18-5-3-15(21(11-18)32-2)13-25-34(29,30)22-10-17(26(27)28)4-6-20(22)33-19-8-14(12-24)7-16(23)9-19/h3-11,25H,13H2,1-2H3. The Labute approximate surface area is 200 Å². The maximum atomic E-state index is 13.1. The lowest BCUT2D eigenvalue weighted by molar-refractivity contribution is -0.385. The lowest BCUT2D eigenvalue weighted by Gasteiger charge is -2.14. The average molecular weight is 504 g/mol. The van der Waals surface area contributed by atoms with Crippen molar-refractivity contribution in [1.82, 2.24) is 4.72 Å². The zero-order valence-electron chi connectivity index (χ0n) is 17.9. The van der Waals surface area contributed by atoms with Crippen LogP contribution < -0.4 is 18.9 Å². The fourth-order valence-corrected chi connectivity index (χ4v) is 4.34. The van der Waals surface area contributed by atoms with E-state index >= 15 is 0 Å². The van der Waals surface area contributed by atoms with Crippen LogP contribution in [0.1, 0.15) is 11.1 Å². The summed E-state index contributed by atoms with van der Waals surface area (Å²) in [6.07, 6.45) is 0. The van der Waals surface area contributed by atoms with Crippen molar-refractivity contribution in [3.05, 3.63) is 80.9 Å². The first-order valence-corrected chi connectivity index (χ1v) is 11.4. The lowest BCUT2D eigenvalue weighted by Crippen LogP contribution is -2.24. The first-order valence-electron chi connectivity index (χ1n) is 9.54. The largest absolute Gasteiger partial charge is 0.497 e. The van der Waals surface area contributed by atoms with Crippen molar-refractivity contribution in [2.75, 3.05) is 14.2 Å². The highest BCUT2D eigenvalue weighted by molar-refractivity contribution is 7.89. The molecule has 176 valence electrons. The van der Waals surface area contributed by atoms with E-state index in [1.54, 1.807) is 18.2 Å². The van der Waals surface area contributed by atoms with E-state index in [4.69, 9.17) is 31.1 Å². The van der Waals surface area contributed by atoms with Crippen LogP contribution >= 0.6 is 11.6 Å². The Morgan fingerprint density at radius 1 is 1.03 bits per heavy atom. The van der Waals surface area contributed by atoms with Gasteiger partial charge in [-0.1, -0.05) is 17.7 Å². The number of benzene rings is 3. The van der Waals surface area contributed by atoms with Crippen LogP contribution in [0.2, 0.25) is 5.02 Å². The summed E-state index contributed by atoms with van der Waals surface area (Å²) in [5.41, 5.74) is 0.255. The topological polar surface area (TPSA) is 141 Å². The highest BCUT2D eigenvalue weighted by Crippen LogP contribution is 2.34. The summed E-state index contributed by atoms with van der Waals surface area (Å²) in [7, 11) is -1.38. The average Bonchev–Trinajstić information content (AvgIpc) is 2.82. The summed E-state index contributed by atoms with van der Waals surface area (Å²) in [5, 5.41) is 20.6. The molecule has 12 heteroatoms. The molecule has 0 saturated carbocycles. The van der Waals surface area contributed by atoms with Crippen molar-refractivity contribution in [1.29, 1.82) is 5.26 Å². The van der Waals surface area contributed by atoms with Gasteiger partial charge in [-0.05, 0) is 30.3 Å². The number of nitrogens with zero attached hydrogens (tertiary/aromatic N) is 2. The maximum absolute atomic E-state index is 13.1. The number of hydrogen-bond donors (Lipinski definition) is 1. The molecule has 10 nitrogen and oxygen atoms in total. The Balaban J connectivity index is 1.98. The van der Waals surface area contributed by atoms with Crippen molar-refractivity contribution in [3.8, 4) is 29.1 Å². The smallest absolute Gasteiger partial charge is 0.271 e. The second-order valence-corrected chi connectivity index (χ2v) is 8.95. The number of halogens is 1. The van der Waals surface area contributed by atoms with E-state index in [2.05, 4.69) is 4.72 Å². The molecule has 3 rings (SSSR count). The molecule has 0 fully saturated rings. The van der Waals surface area contributed by atoms with Crippen LogP contribution in [0.15, 0.2) is 59.5 Å². The number of nitriles is 1. The summed E-state index contributed by atoms with van der Waals surface area (Å²) < 4.78 is 44.8. The molecule has 3 aromatic carbocycles. The van der Waals surface area contributed by atoms with Gasteiger partial charge in [0.05, 0.1) is 30.8 Å². The molecular weight excluding hydrogens is 486 g/mol. The third-order valence-corrected chi connectivity index (χ3v) is 6.24. The Kier molecular flexibility index (Phi) is 7.57. The highest BCUT2D eigenvalue weighted by atomic mass is 35.5. The third kappa shape index (κ3) is 5.74. The van der Waals surface area contributed by atoms with Crippen LogP contribution in [0.25, 0.3) is 0 Å².